The van der Waals surface area contributed by atoms with Crippen molar-refractivity contribution in [1.29, 1.82) is 0 Å². The van der Waals surface area contributed by atoms with Crippen molar-refractivity contribution in [3.63, 3.8) is 0 Å². The highest BCUT2D eigenvalue weighted by Gasteiger charge is 2.09. The van der Waals surface area contributed by atoms with Gasteiger partial charge in [0.15, 0.2) is 0 Å². The minimum absolute atomic E-state index is 0.336. The molecule has 2 N–H and O–H groups in total. The number of carboxylic acids is 1. The molecule has 2 aromatic rings. The van der Waals surface area contributed by atoms with E-state index < -0.39 is 5.97 Å². The second kappa shape index (κ2) is 6.34. The van der Waals surface area contributed by atoms with Crippen LogP contribution in [0.5, 0.6) is 0 Å². The van der Waals surface area contributed by atoms with Gasteiger partial charge in [0.05, 0.1) is 5.92 Å². The summed E-state index contributed by atoms with van der Waals surface area (Å²) in [5.41, 5.74) is 1.27. The van der Waals surface area contributed by atoms with Gasteiger partial charge in [-0.1, -0.05) is 49.4 Å². The van der Waals surface area contributed by atoms with Crippen LogP contribution < -0.4 is 5.32 Å². The van der Waals surface area contributed by atoms with Crippen molar-refractivity contribution in [2.24, 2.45) is 5.92 Å². The second-order valence-corrected chi connectivity index (χ2v) is 4.87. The lowest BCUT2D eigenvalue weighted by Crippen LogP contribution is -2.27. The van der Waals surface area contributed by atoms with Crippen LogP contribution in [0.25, 0.3) is 10.8 Å². The van der Waals surface area contributed by atoms with Gasteiger partial charge < -0.3 is 10.4 Å². The van der Waals surface area contributed by atoms with E-state index in [1.807, 2.05) is 12.1 Å². The first-order valence-electron chi connectivity index (χ1n) is 6.58. The van der Waals surface area contributed by atoms with Crippen molar-refractivity contribution in [3.8, 4) is 0 Å². The Morgan fingerprint density at radius 3 is 2.68 bits per heavy atom. The van der Waals surface area contributed by atoms with Crippen molar-refractivity contribution in [2.75, 3.05) is 13.1 Å². The molecule has 3 nitrogen and oxygen atoms in total. The average molecular weight is 257 g/mol. The molecule has 1 atom stereocenters. The summed E-state index contributed by atoms with van der Waals surface area (Å²) >= 11 is 0. The van der Waals surface area contributed by atoms with Crippen LogP contribution in [0, 0.1) is 5.92 Å². The smallest absolute Gasteiger partial charge is 0.307 e. The molecule has 0 radical (unpaired) electrons. The number of nitrogens with one attached hydrogen (secondary N) is 1. The van der Waals surface area contributed by atoms with Crippen LogP contribution in [0.4, 0.5) is 0 Å². The molecule has 0 aliphatic heterocycles. The van der Waals surface area contributed by atoms with Gasteiger partial charge >= 0.3 is 5.97 Å². The Labute approximate surface area is 113 Å². The molecule has 3 heteroatoms. The number of hydrogen-bond donors (Lipinski definition) is 2. The van der Waals surface area contributed by atoms with Gasteiger partial charge in [0.25, 0.3) is 0 Å². The normalized spacial score (nSPS) is 12.5. The predicted octanol–water partition coefficient (Wildman–Crippen LogP) is 2.69. The molecule has 0 saturated carbocycles. The Morgan fingerprint density at radius 1 is 1.21 bits per heavy atom. The predicted molar refractivity (Wildman–Crippen MR) is 77.3 cm³/mol. The third-order valence-corrected chi connectivity index (χ3v) is 3.28. The lowest BCUT2D eigenvalue weighted by atomic mass is 10.1. The van der Waals surface area contributed by atoms with Crippen LogP contribution >= 0.6 is 0 Å². The summed E-state index contributed by atoms with van der Waals surface area (Å²) in [6.45, 7) is 3.03. The molecule has 0 heterocycles. The number of carbonyl (C=O) groups is 1. The number of rotatable bonds is 6. The van der Waals surface area contributed by atoms with Gasteiger partial charge in [0, 0.05) is 6.54 Å². The molecule has 2 rings (SSSR count). The number of fused-ring (bicyclic) bond motifs is 1. The van der Waals surface area contributed by atoms with Crippen molar-refractivity contribution in [2.45, 2.75) is 13.3 Å². The Bertz CT molecular complexity index is 565. The fraction of sp³-hybridized carbons (Fsp3) is 0.312. The molecule has 1 unspecified atom stereocenters. The van der Waals surface area contributed by atoms with Gasteiger partial charge in [0.1, 0.15) is 0 Å². The molecule has 0 aromatic heterocycles. The van der Waals surface area contributed by atoms with Gasteiger partial charge in [0.2, 0.25) is 0 Å². The summed E-state index contributed by atoms with van der Waals surface area (Å²) in [6.07, 6.45) is 0.914. The highest BCUT2D eigenvalue weighted by molar-refractivity contribution is 5.82. The van der Waals surface area contributed by atoms with E-state index in [1.54, 1.807) is 6.92 Å². The zero-order chi connectivity index (χ0) is 13.7. The number of carboxylic acid groups (broad SMARTS) is 1. The standard InChI is InChI=1S/C16H19NO2/c1-12(16(18)19)11-17-9-8-13-6-7-14-4-2-3-5-15(14)10-13/h2-7,10,12,17H,8-9,11H2,1H3,(H,18,19). The summed E-state index contributed by atoms with van der Waals surface area (Å²) in [4.78, 5) is 10.7. The Kier molecular flexibility index (Phi) is 4.53. The summed E-state index contributed by atoms with van der Waals surface area (Å²) in [7, 11) is 0. The lowest BCUT2D eigenvalue weighted by Gasteiger charge is -2.08. The SMILES string of the molecule is CC(CNCCc1ccc2ccccc2c1)C(=O)O. The van der Waals surface area contributed by atoms with Crippen LogP contribution in [0.1, 0.15) is 12.5 Å². The first-order chi connectivity index (χ1) is 9.16. The highest BCUT2D eigenvalue weighted by Crippen LogP contribution is 2.15. The van der Waals surface area contributed by atoms with Crippen molar-refractivity contribution >= 4 is 16.7 Å². The summed E-state index contributed by atoms with van der Waals surface area (Å²) in [5, 5.41) is 14.5. The summed E-state index contributed by atoms with van der Waals surface area (Å²) in [5.74, 6) is -1.09. The first-order valence-corrected chi connectivity index (χ1v) is 6.58. The van der Waals surface area contributed by atoms with Crippen LogP contribution in [0.2, 0.25) is 0 Å². The molecule has 100 valence electrons. The van der Waals surface area contributed by atoms with Gasteiger partial charge in [-0.15, -0.1) is 0 Å². The van der Waals surface area contributed by atoms with E-state index in [1.165, 1.54) is 16.3 Å². The molecule has 0 aliphatic carbocycles. The van der Waals surface area contributed by atoms with E-state index in [0.717, 1.165) is 13.0 Å². The number of benzene rings is 2. The fourth-order valence-corrected chi connectivity index (χ4v) is 2.03. The number of hydrogen-bond acceptors (Lipinski definition) is 2. The van der Waals surface area contributed by atoms with E-state index in [-0.39, 0.29) is 5.92 Å². The fourth-order valence-electron chi connectivity index (χ4n) is 2.03. The minimum atomic E-state index is -0.752. The van der Waals surface area contributed by atoms with Gasteiger partial charge in [-0.2, -0.15) is 0 Å². The maximum absolute atomic E-state index is 10.7. The van der Waals surface area contributed by atoms with Crippen LogP contribution in [0.15, 0.2) is 42.5 Å². The third kappa shape index (κ3) is 3.80. The van der Waals surface area contributed by atoms with Gasteiger partial charge in [-0.25, -0.2) is 0 Å². The largest absolute Gasteiger partial charge is 0.481 e. The topological polar surface area (TPSA) is 49.3 Å². The first kappa shape index (κ1) is 13.6. The monoisotopic (exact) mass is 257 g/mol. The molecule has 0 saturated heterocycles. The van der Waals surface area contributed by atoms with Gasteiger partial charge in [-0.3, -0.25) is 4.79 Å². The van der Waals surface area contributed by atoms with E-state index >= 15 is 0 Å². The van der Waals surface area contributed by atoms with E-state index in [0.29, 0.717) is 6.54 Å². The van der Waals surface area contributed by atoms with Crippen LogP contribution in [0.3, 0.4) is 0 Å². The zero-order valence-corrected chi connectivity index (χ0v) is 11.1. The Balaban J connectivity index is 1.86. The second-order valence-electron chi connectivity index (χ2n) is 4.87. The molecule has 0 amide bonds. The molecule has 19 heavy (non-hydrogen) atoms. The average Bonchev–Trinajstić information content (AvgIpc) is 2.43. The molecule has 0 spiro atoms. The summed E-state index contributed by atoms with van der Waals surface area (Å²) in [6, 6.07) is 14.7. The van der Waals surface area contributed by atoms with Crippen molar-refractivity contribution in [3.05, 3.63) is 48.0 Å². The molecule has 0 bridgehead atoms. The molecule has 0 aliphatic rings. The summed E-state index contributed by atoms with van der Waals surface area (Å²) < 4.78 is 0. The van der Waals surface area contributed by atoms with E-state index in [9.17, 15) is 4.79 Å². The van der Waals surface area contributed by atoms with Crippen LogP contribution in [-0.2, 0) is 11.2 Å². The molecular formula is C16H19NO2. The van der Waals surface area contributed by atoms with Crippen molar-refractivity contribution in [1.82, 2.24) is 5.32 Å². The van der Waals surface area contributed by atoms with Crippen molar-refractivity contribution < 1.29 is 9.90 Å². The minimum Gasteiger partial charge on any atom is -0.481 e. The highest BCUT2D eigenvalue weighted by atomic mass is 16.4. The zero-order valence-electron chi connectivity index (χ0n) is 11.1. The third-order valence-electron chi connectivity index (χ3n) is 3.28. The Hall–Kier alpha value is -1.87. The maximum Gasteiger partial charge on any atom is 0.307 e. The van der Waals surface area contributed by atoms with E-state index in [4.69, 9.17) is 5.11 Å². The molecular weight excluding hydrogens is 238 g/mol. The number of aliphatic carboxylic acids is 1. The lowest BCUT2D eigenvalue weighted by molar-refractivity contribution is -0.140. The quantitative estimate of drug-likeness (QED) is 0.782. The molecule has 2 aromatic carbocycles. The Morgan fingerprint density at radius 2 is 1.95 bits per heavy atom. The van der Waals surface area contributed by atoms with Gasteiger partial charge in [-0.05, 0) is 29.3 Å². The van der Waals surface area contributed by atoms with Crippen LogP contribution in [-0.4, -0.2) is 24.2 Å². The van der Waals surface area contributed by atoms with E-state index in [2.05, 4.69) is 35.6 Å². The molecule has 0 fully saturated rings. The maximum atomic E-state index is 10.7.